The van der Waals surface area contributed by atoms with Gasteiger partial charge in [0, 0.05) is 5.56 Å². The van der Waals surface area contributed by atoms with Crippen molar-refractivity contribution < 1.29 is 14.1 Å². The van der Waals surface area contributed by atoms with Crippen molar-refractivity contribution in [3.05, 3.63) is 46.8 Å². The number of nitrogens with zero attached hydrogens (tertiary/aromatic N) is 2. The molecule has 1 aliphatic heterocycles. The number of rotatable bonds is 2. The number of hydrogen-bond donors (Lipinski definition) is 0. The fraction of sp³-hybridized carbons (Fsp3) is 0.0833. The van der Waals surface area contributed by atoms with Crippen LogP contribution in [-0.4, -0.2) is 16.8 Å². The van der Waals surface area contributed by atoms with Crippen LogP contribution in [0.1, 0.15) is 15.9 Å². The Morgan fingerprint density at radius 2 is 2.17 bits per heavy atom. The van der Waals surface area contributed by atoms with Gasteiger partial charge in [0.15, 0.2) is 0 Å². The zero-order valence-electron chi connectivity index (χ0n) is 9.09. The Morgan fingerprint density at radius 3 is 2.89 bits per heavy atom. The number of carbonyl (C=O) groups excluding carboxylic acids is 2. The van der Waals surface area contributed by atoms with Crippen molar-refractivity contribution in [1.29, 1.82) is 0 Å². The maximum Gasteiger partial charge on any atom is 0.299 e. The van der Waals surface area contributed by atoms with E-state index in [-0.39, 0.29) is 12.1 Å². The SMILES string of the molecule is O=C1C(=O)N(Cc2cnoc2)c2cccc(Cl)c21. The number of amides is 1. The van der Waals surface area contributed by atoms with E-state index in [2.05, 4.69) is 5.16 Å². The molecule has 6 heteroatoms. The van der Waals surface area contributed by atoms with Gasteiger partial charge < -0.3 is 9.42 Å². The number of aromatic nitrogens is 1. The van der Waals surface area contributed by atoms with E-state index in [1.54, 1.807) is 18.2 Å². The molecule has 2 heterocycles. The zero-order valence-corrected chi connectivity index (χ0v) is 9.85. The highest BCUT2D eigenvalue weighted by Gasteiger charge is 2.37. The molecule has 1 aromatic carbocycles. The van der Waals surface area contributed by atoms with E-state index in [0.717, 1.165) is 0 Å². The minimum Gasteiger partial charge on any atom is -0.364 e. The van der Waals surface area contributed by atoms with Gasteiger partial charge in [0.2, 0.25) is 0 Å². The standard InChI is InChI=1S/C12H7ClN2O3/c13-8-2-1-3-9-10(8)11(16)12(17)15(9)5-7-4-14-18-6-7/h1-4,6H,5H2. The van der Waals surface area contributed by atoms with Crippen molar-refractivity contribution in [1.82, 2.24) is 5.16 Å². The molecule has 0 fully saturated rings. The van der Waals surface area contributed by atoms with Crippen molar-refractivity contribution in [2.75, 3.05) is 4.90 Å². The maximum absolute atomic E-state index is 11.9. The molecular weight excluding hydrogens is 256 g/mol. The van der Waals surface area contributed by atoms with Crippen LogP contribution in [0.2, 0.25) is 5.02 Å². The summed E-state index contributed by atoms with van der Waals surface area (Å²) in [6.07, 6.45) is 2.93. The monoisotopic (exact) mass is 262 g/mol. The summed E-state index contributed by atoms with van der Waals surface area (Å²) in [5.41, 5.74) is 1.50. The fourth-order valence-corrected chi connectivity index (χ4v) is 2.20. The summed E-state index contributed by atoms with van der Waals surface area (Å²) in [5.74, 6) is -1.16. The number of anilines is 1. The van der Waals surface area contributed by atoms with E-state index in [1.807, 2.05) is 0 Å². The molecule has 1 aliphatic rings. The molecule has 0 saturated heterocycles. The Morgan fingerprint density at radius 1 is 1.33 bits per heavy atom. The summed E-state index contributed by atoms with van der Waals surface area (Å²) in [6.45, 7) is 0.238. The zero-order chi connectivity index (χ0) is 12.7. The van der Waals surface area contributed by atoms with Crippen LogP contribution in [0, 0.1) is 0 Å². The predicted octanol–water partition coefficient (Wildman–Crippen LogP) is 2.06. The van der Waals surface area contributed by atoms with Gasteiger partial charge in [-0.15, -0.1) is 0 Å². The largest absolute Gasteiger partial charge is 0.364 e. The second kappa shape index (κ2) is 3.96. The smallest absolute Gasteiger partial charge is 0.299 e. The number of ketones is 1. The lowest BCUT2D eigenvalue weighted by atomic mass is 10.1. The summed E-state index contributed by atoms with van der Waals surface area (Å²) in [5, 5.41) is 3.85. The molecule has 3 rings (SSSR count). The van der Waals surface area contributed by atoms with Crippen LogP contribution in [0.3, 0.4) is 0 Å². The van der Waals surface area contributed by atoms with Crippen LogP contribution in [-0.2, 0) is 11.3 Å². The Kier molecular flexibility index (Phi) is 2.41. The van der Waals surface area contributed by atoms with E-state index in [1.165, 1.54) is 17.4 Å². The van der Waals surface area contributed by atoms with E-state index in [4.69, 9.17) is 16.1 Å². The summed E-state index contributed by atoms with van der Waals surface area (Å²) in [4.78, 5) is 25.1. The van der Waals surface area contributed by atoms with Crippen LogP contribution in [0.5, 0.6) is 0 Å². The molecule has 90 valence electrons. The normalized spacial score (nSPS) is 14.2. The summed E-state index contributed by atoms with van der Waals surface area (Å²) < 4.78 is 4.70. The highest BCUT2D eigenvalue weighted by atomic mass is 35.5. The lowest BCUT2D eigenvalue weighted by molar-refractivity contribution is -0.114. The molecule has 2 aromatic rings. The third kappa shape index (κ3) is 1.52. The number of fused-ring (bicyclic) bond motifs is 1. The molecule has 1 aromatic heterocycles. The molecule has 0 N–H and O–H groups in total. The van der Waals surface area contributed by atoms with Crippen LogP contribution < -0.4 is 4.90 Å². The first-order valence-electron chi connectivity index (χ1n) is 5.21. The fourth-order valence-electron chi connectivity index (χ4n) is 1.95. The minimum atomic E-state index is -0.584. The van der Waals surface area contributed by atoms with E-state index < -0.39 is 11.7 Å². The molecule has 0 spiro atoms. The lowest BCUT2D eigenvalue weighted by Gasteiger charge is -2.14. The maximum atomic E-state index is 11.9. The molecule has 0 bridgehead atoms. The van der Waals surface area contributed by atoms with Crippen LogP contribution in [0.15, 0.2) is 35.2 Å². The number of hydrogen-bond acceptors (Lipinski definition) is 4. The summed E-state index contributed by atoms with van der Waals surface area (Å²) >= 11 is 5.95. The molecule has 18 heavy (non-hydrogen) atoms. The first kappa shape index (κ1) is 11.0. The lowest BCUT2D eigenvalue weighted by Crippen LogP contribution is -2.28. The first-order valence-corrected chi connectivity index (χ1v) is 5.59. The van der Waals surface area contributed by atoms with Crippen molar-refractivity contribution >= 4 is 29.0 Å². The Hall–Kier alpha value is -2.14. The molecule has 0 unspecified atom stereocenters. The molecule has 5 nitrogen and oxygen atoms in total. The highest BCUT2D eigenvalue weighted by Crippen LogP contribution is 2.34. The van der Waals surface area contributed by atoms with Crippen molar-refractivity contribution in [2.24, 2.45) is 0 Å². The molecule has 0 saturated carbocycles. The van der Waals surface area contributed by atoms with Crippen LogP contribution in [0.4, 0.5) is 5.69 Å². The molecular formula is C12H7ClN2O3. The van der Waals surface area contributed by atoms with Crippen molar-refractivity contribution in [2.45, 2.75) is 6.54 Å². The van der Waals surface area contributed by atoms with Gasteiger partial charge in [-0.3, -0.25) is 9.59 Å². The van der Waals surface area contributed by atoms with Gasteiger partial charge in [0.1, 0.15) is 6.26 Å². The number of benzene rings is 1. The van der Waals surface area contributed by atoms with E-state index in [0.29, 0.717) is 16.3 Å². The summed E-state index contributed by atoms with van der Waals surface area (Å²) in [7, 11) is 0. The van der Waals surface area contributed by atoms with Gasteiger partial charge in [-0.25, -0.2) is 0 Å². The topological polar surface area (TPSA) is 63.4 Å². The van der Waals surface area contributed by atoms with E-state index in [9.17, 15) is 9.59 Å². The van der Waals surface area contributed by atoms with Gasteiger partial charge in [-0.1, -0.05) is 22.8 Å². The third-order valence-electron chi connectivity index (χ3n) is 2.77. The Balaban J connectivity index is 2.05. The van der Waals surface area contributed by atoms with Gasteiger partial charge >= 0.3 is 0 Å². The number of carbonyl (C=O) groups is 2. The highest BCUT2D eigenvalue weighted by molar-refractivity contribution is 6.55. The molecule has 0 atom stereocenters. The average Bonchev–Trinajstić information content (AvgIpc) is 2.94. The molecule has 0 radical (unpaired) electrons. The van der Waals surface area contributed by atoms with Gasteiger partial charge in [0.25, 0.3) is 11.7 Å². The van der Waals surface area contributed by atoms with Gasteiger partial charge in [0.05, 0.1) is 29.0 Å². The second-order valence-electron chi connectivity index (χ2n) is 3.89. The average molecular weight is 263 g/mol. The van der Waals surface area contributed by atoms with Crippen LogP contribution >= 0.6 is 11.6 Å². The van der Waals surface area contributed by atoms with Crippen molar-refractivity contribution in [3.8, 4) is 0 Å². The third-order valence-corrected chi connectivity index (χ3v) is 3.09. The van der Waals surface area contributed by atoms with Gasteiger partial charge in [-0.05, 0) is 12.1 Å². The van der Waals surface area contributed by atoms with E-state index >= 15 is 0 Å². The Labute approximate surface area is 107 Å². The second-order valence-corrected chi connectivity index (χ2v) is 4.29. The quantitative estimate of drug-likeness (QED) is 0.777. The Bertz CT molecular complexity index is 637. The van der Waals surface area contributed by atoms with Crippen molar-refractivity contribution in [3.63, 3.8) is 0 Å². The van der Waals surface area contributed by atoms with Gasteiger partial charge in [-0.2, -0.15) is 0 Å². The predicted molar refractivity (Wildman–Crippen MR) is 63.5 cm³/mol. The number of Topliss-reactive ketones (excluding diaryl/α,β-unsaturated/α-hetero) is 1. The first-order chi connectivity index (χ1) is 8.68. The minimum absolute atomic E-state index is 0.238. The molecule has 1 amide bonds. The summed E-state index contributed by atoms with van der Waals surface area (Å²) in [6, 6.07) is 4.99. The number of halogens is 1. The molecule has 0 aliphatic carbocycles. The van der Waals surface area contributed by atoms with Crippen LogP contribution in [0.25, 0.3) is 0 Å².